The highest BCUT2D eigenvalue weighted by Crippen LogP contribution is 2.20. The van der Waals surface area contributed by atoms with E-state index in [0.717, 1.165) is 6.07 Å². The summed E-state index contributed by atoms with van der Waals surface area (Å²) in [5.41, 5.74) is -0.251. The highest BCUT2D eigenvalue weighted by molar-refractivity contribution is 5.94. The van der Waals surface area contributed by atoms with E-state index in [1.807, 2.05) is 6.92 Å². The Hall–Kier alpha value is -1.49. The van der Waals surface area contributed by atoms with Gasteiger partial charge < -0.3 is 10.0 Å². The molecule has 1 aromatic rings. The van der Waals surface area contributed by atoms with Gasteiger partial charge in [-0.15, -0.1) is 0 Å². The Kier molecular flexibility index (Phi) is 3.61. The van der Waals surface area contributed by atoms with E-state index >= 15 is 0 Å². The van der Waals surface area contributed by atoms with Crippen molar-refractivity contribution in [1.29, 1.82) is 0 Å². The smallest absolute Gasteiger partial charge is 0.256 e. The molecule has 0 bridgehead atoms. The zero-order chi connectivity index (χ0) is 13.3. The van der Waals surface area contributed by atoms with Gasteiger partial charge in [0.05, 0.1) is 11.7 Å². The molecule has 2 atom stereocenters. The van der Waals surface area contributed by atoms with Gasteiger partial charge >= 0.3 is 0 Å². The molecule has 1 aliphatic rings. The molecule has 1 saturated heterocycles. The number of amides is 1. The predicted molar refractivity (Wildman–Crippen MR) is 62.0 cm³/mol. The summed E-state index contributed by atoms with van der Waals surface area (Å²) < 4.78 is 26.6. The zero-order valence-corrected chi connectivity index (χ0v) is 10.1. The molecule has 2 rings (SSSR count). The summed E-state index contributed by atoms with van der Waals surface area (Å²) >= 11 is 0. The molecule has 0 radical (unpaired) electrons. The normalized spacial score (nSPS) is 24.1. The molecule has 1 N–H and O–H groups in total. The number of aliphatic hydroxyl groups excluding tert-OH is 1. The van der Waals surface area contributed by atoms with Crippen LogP contribution in [0.4, 0.5) is 8.78 Å². The number of aliphatic hydroxyl groups is 1. The van der Waals surface area contributed by atoms with Gasteiger partial charge in [-0.3, -0.25) is 4.79 Å². The highest BCUT2D eigenvalue weighted by atomic mass is 19.2. The minimum Gasteiger partial charge on any atom is -0.393 e. The number of benzene rings is 1. The first kappa shape index (κ1) is 13.0. The van der Waals surface area contributed by atoms with Gasteiger partial charge in [0, 0.05) is 13.1 Å². The molecule has 18 heavy (non-hydrogen) atoms. The quantitative estimate of drug-likeness (QED) is 0.831. The maximum absolute atomic E-state index is 13.5. The third-order valence-corrected chi connectivity index (χ3v) is 3.33. The van der Waals surface area contributed by atoms with Gasteiger partial charge in [0.25, 0.3) is 5.91 Å². The van der Waals surface area contributed by atoms with E-state index in [-0.39, 0.29) is 11.5 Å². The summed E-state index contributed by atoms with van der Waals surface area (Å²) in [6.45, 7) is 2.54. The number of piperidine rings is 1. The fourth-order valence-electron chi connectivity index (χ4n) is 2.16. The predicted octanol–water partition coefficient (Wildman–Crippen LogP) is 1.81. The largest absolute Gasteiger partial charge is 0.393 e. The molecule has 1 heterocycles. The maximum Gasteiger partial charge on any atom is 0.256 e. The molecule has 0 saturated carbocycles. The molecular formula is C13H15F2NO2. The summed E-state index contributed by atoms with van der Waals surface area (Å²) in [5, 5.41) is 9.57. The van der Waals surface area contributed by atoms with Crippen LogP contribution in [-0.2, 0) is 0 Å². The molecule has 3 nitrogen and oxygen atoms in total. The van der Waals surface area contributed by atoms with Gasteiger partial charge in [-0.25, -0.2) is 8.78 Å². The van der Waals surface area contributed by atoms with Crippen molar-refractivity contribution in [3.05, 3.63) is 35.4 Å². The Morgan fingerprint density at radius 1 is 1.44 bits per heavy atom. The number of hydrogen-bond donors (Lipinski definition) is 1. The van der Waals surface area contributed by atoms with E-state index in [1.54, 1.807) is 0 Å². The molecule has 0 spiro atoms. The second-order valence-electron chi connectivity index (χ2n) is 4.69. The molecule has 5 heteroatoms. The molecule has 1 aromatic carbocycles. The van der Waals surface area contributed by atoms with Crippen molar-refractivity contribution in [3.63, 3.8) is 0 Å². The van der Waals surface area contributed by atoms with E-state index in [2.05, 4.69) is 0 Å². The maximum atomic E-state index is 13.5. The van der Waals surface area contributed by atoms with Gasteiger partial charge in [0.15, 0.2) is 11.6 Å². The lowest BCUT2D eigenvalue weighted by atomic mass is 9.96. The van der Waals surface area contributed by atoms with E-state index in [4.69, 9.17) is 0 Å². The second-order valence-corrected chi connectivity index (χ2v) is 4.69. The van der Waals surface area contributed by atoms with Crippen LogP contribution in [0.5, 0.6) is 0 Å². The van der Waals surface area contributed by atoms with Crippen LogP contribution >= 0.6 is 0 Å². The van der Waals surface area contributed by atoms with Crippen LogP contribution in [0.15, 0.2) is 18.2 Å². The van der Waals surface area contributed by atoms with Crippen molar-refractivity contribution in [2.75, 3.05) is 13.1 Å². The lowest BCUT2D eigenvalue weighted by Crippen LogP contribution is -2.45. The number of rotatable bonds is 1. The van der Waals surface area contributed by atoms with Crippen LogP contribution < -0.4 is 0 Å². The van der Waals surface area contributed by atoms with Crippen LogP contribution in [0, 0.1) is 17.6 Å². The lowest BCUT2D eigenvalue weighted by molar-refractivity contribution is 0.0294. The summed E-state index contributed by atoms with van der Waals surface area (Å²) in [4.78, 5) is 13.5. The number of halogens is 2. The van der Waals surface area contributed by atoms with Gasteiger partial charge in [-0.05, 0) is 24.5 Å². The SMILES string of the molecule is CC1CN(C(=O)c2cccc(F)c2F)CCC1O. The lowest BCUT2D eigenvalue weighted by Gasteiger charge is -2.34. The van der Waals surface area contributed by atoms with E-state index in [9.17, 15) is 18.7 Å². The Morgan fingerprint density at radius 2 is 2.17 bits per heavy atom. The molecule has 2 unspecified atom stereocenters. The number of hydrogen-bond acceptors (Lipinski definition) is 2. The standard InChI is InChI=1S/C13H15F2NO2/c1-8-7-16(6-5-11(8)17)13(18)9-3-2-4-10(14)12(9)15/h2-4,8,11,17H,5-7H2,1H3. The molecule has 0 aliphatic carbocycles. The molecular weight excluding hydrogens is 240 g/mol. The van der Waals surface area contributed by atoms with Crippen molar-refractivity contribution < 1.29 is 18.7 Å². The first-order valence-electron chi connectivity index (χ1n) is 5.92. The minimum absolute atomic E-state index is 0.0562. The van der Waals surface area contributed by atoms with Crippen LogP contribution in [0.2, 0.25) is 0 Å². The van der Waals surface area contributed by atoms with Crippen molar-refractivity contribution in [2.24, 2.45) is 5.92 Å². The molecule has 1 fully saturated rings. The molecule has 1 amide bonds. The topological polar surface area (TPSA) is 40.5 Å². The van der Waals surface area contributed by atoms with Gasteiger partial charge in [0.2, 0.25) is 0 Å². The monoisotopic (exact) mass is 255 g/mol. The molecule has 1 aliphatic heterocycles. The number of likely N-dealkylation sites (tertiary alicyclic amines) is 1. The Bertz CT molecular complexity index is 464. The average Bonchev–Trinajstić information content (AvgIpc) is 2.35. The van der Waals surface area contributed by atoms with Crippen molar-refractivity contribution in [1.82, 2.24) is 4.90 Å². The highest BCUT2D eigenvalue weighted by Gasteiger charge is 2.29. The van der Waals surface area contributed by atoms with Gasteiger partial charge in [-0.1, -0.05) is 13.0 Å². The summed E-state index contributed by atoms with van der Waals surface area (Å²) in [6, 6.07) is 3.57. The van der Waals surface area contributed by atoms with E-state index in [1.165, 1.54) is 17.0 Å². The fourth-order valence-corrected chi connectivity index (χ4v) is 2.16. The van der Waals surface area contributed by atoms with Crippen LogP contribution in [0.3, 0.4) is 0 Å². The van der Waals surface area contributed by atoms with Crippen LogP contribution in [-0.4, -0.2) is 35.1 Å². The van der Waals surface area contributed by atoms with Crippen molar-refractivity contribution in [2.45, 2.75) is 19.4 Å². The third-order valence-electron chi connectivity index (χ3n) is 3.33. The summed E-state index contributed by atoms with van der Waals surface area (Å²) in [5.74, 6) is -2.71. The van der Waals surface area contributed by atoms with E-state index < -0.39 is 23.6 Å². The number of carbonyl (C=O) groups is 1. The van der Waals surface area contributed by atoms with E-state index in [0.29, 0.717) is 19.5 Å². The van der Waals surface area contributed by atoms with Crippen LogP contribution in [0.25, 0.3) is 0 Å². The zero-order valence-electron chi connectivity index (χ0n) is 10.1. The first-order chi connectivity index (χ1) is 8.50. The minimum atomic E-state index is -1.11. The summed E-state index contributed by atoms with van der Waals surface area (Å²) in [6.07, 6.45) is 0.0236. The van der Waals surface area contributed by atoms with Crippen LogP contribution in [0.1, 0.15) is 23.7 Å². The third kappa shape index (κ3) is 2.36. The Balaban J connectivity index is 2.19. The summed E-state index contributed by atoms with van der Waals surface area (Å²) in [7, 11) is 0. The fraction of sp³-hybridized carbons (Fsp3) is 0.462. The Morgan fingerprint density at radius 3 is 2.83 bits per heavy atom. The number of carbonyl (C=O) groups excluding carboxylic acids is 1. The average molecular weight is 255 g/mol. The Labute approximate surface area is 104 Å². The van der Waals surface area contributed by atoms with Crippen molar-refractivity contribution in [3.8, 4) is 0 Å². The molecule has 0 aromatic heterocycles. The molecule has 98 valence electrons. The van der Waals surface area contributed by atoms with Crippen molar-refractivity contribution >= 4 is 5.91 Å². The first-order valence-corrected chi connectivity index (χ1v) is 5.92. The van der Waals surface area contributed by atoms with Gasteiger partial charge in [-0.2, -0.15) is 0 Å². The second kappa shape index (κ2) is 5.02. The van der Waals surface area contributed by atoms with Gasteiger partial charge in [0.1, 0.15) is 0 Å². The number of nitrogens with zero attached hydrogens (tertiary/aromatic N) is 1.